The fraction of sp³-hybridized carbons (Fsp3) is 0.0323. The van der Waals surface area contributed by atoms with Gasteiger partial charge in [-0.15, -0.1) is 65.7 Å². The Morgan fingerprint density at radius 2 is 1.43 bits per heavy atom. The second kappa shape index (κ2) is 10.2. The van der Waals surface area contributed by atoms with Crippen LogP contribution in [0.15, 0.2) is 109 Å². The van der Waals surface area contributed by atoms with E-state index in [0.717, 1.165) is 44.6 Å². The van der Waals surface area contributed by atoms with Gasteiger partial charge in [0.25, 0.3) is 0 Å². The van der Waals surface area contributed by atoms with Crippen LogP contribution in [-0.2, 0) is 26.7 Å². The Morgan fingerprint density at radius 1 is 0.686 bits per heavy atom. The van der Waals surface area contributed by atoms with E-state index in [0.29, 0.717) is 6.61 Å². The maximum Gasteiger partial charge on any atom is 0.111 e. The molecule has 4 heteroatoms. The molecule has 0 unspecified atom stereocenters. The van der Waals surface area contributed by atoms with Crippen molar-refractivity contribution in [3.05, 3.63) is 127 Å². The van der Waals surface area contributed by atoms with Crippen molar-refractivity contribution in [3.63, 3.8) is 0 Å². The van der Waals surface area contributed by atoms with Crippen LogP contribution >= 0.6 is 0 Å². The normalized spacial score (nSPS) is 11.3. The van der Waals surface area contributed by atoms with Crippen LogP contribution in [0.5, 0.6) is 5.75 Å². The Kier molecular flexibility index (Phi) is 6.67. The van der Waals surface area contributed by atoms with E-state index in [1.54, 1.807) is 0 Å². The van der Waals surface area contributed by atoms with Crippen molar-refractivity contribution in [3.8, 4) is 28.3 Å². The zero-order chi connectivity index (χ0) is 22.7. The summed E-state index contributed by atoms with van der Waals surface area (Å²) in [5.74, 6) is 0.878. The summed E-state index contributed by atoms with van der Waals surface area (Å²) < 4.78 is 5.88. The first kappa shape index (κ1) is 22.9. The summed E-state index contributed by atoms with van der Waals surface area (Å²) >= 11 is 0. The Labute approximate surface area is 217 Å². The molecule has 3 heterocycles. The molecule has 3 nitrogen and oxygen atoms in total. The Balaban J connectivity index is 0.000000142. The van der Waals surface area contributed by atoms with Crippen molar-refractivity contribution in [2.24, 2.45) is 0 Å². The molecule has 2 aromatic heterocycles. The maximum atomic E-state index is 5.88. The monoisotopic (exact) mass is 629 g/mol. The van der Waals surface area contributed by atoms with E-state index in [9.17, 15) is 0 Å². The zero-order valence-corrected chi connectivity index (χ0v) is 21.1. The Morgan fingerprint density at radius 3 is 2.29 bits per heavy atom. The van der Waals surface area contributed by atoms with E-state index >= 15 is 0 Å². The third kappa shape index (κ3) is 4.59. The predicted molar refractivity (Wildman–Crippen MR) is 136 cm³/mol. The fourth-order valence-corrected chi connectivity index (χ4v) is 4.21. The largest absolute Gasteiger partial charge is 0.505 e. The van der Waals surface area contributed by atoms with Crippen LogP contribution in [0.3, 0.4) is 0 Å². The van der Waals surface area contributed by atoms with Crippen molar-refractivity contribution in [1.82, 2.24) is 9.97 Å². The first-order valence-corrected chi connectivity index (χ1v) is 11.2. The summed E-state index contributed by atoms with van der Waals surface area (Å²) in [5, 5.41) is 4.60. The number of hydrogen-bond acceptors (Lipinski definition) is 3. The molecule has 7 rings (SSSR count). The molecule has 1 radical (unpaired) electrons. The molecule has 0 aliphatic carbocycles. The second-order valence-corrected chi connectivity index (χ2v) is 8.08. The number of benzene rings is 4. The SMILES string of the molecule is [Ir].[c-]1cccc2c1-c1ncc3ccccc3c1OC2.[c-]1ccccc1-c1cc2ccccc2cn1. The van der Waals surface area contributed by atoms with Crippen LogP contribution in [0.1, 0.15) is 5.56 Å². The second-order valence-electron chi connectivity index (χ2n) is 8.08. The molecular formula is C31H20IrN2O-2. The zero-order valence-electron chi connectivity index (χ0n) is 18.7. The van der Waals surface area contributed by atoms with Gasteiger partial charge in [0, 0.05) is 49.0 Å². The number of fused-ring (bicyclic) bond motifs is 6. The van der Waals surface area contributed by atoms with Gasteiger partial charge in [-0.25, -0.2) is 0 Å². The van der Waals surface area contributed by atoms with Gasteiger partial charge in [0.2, 0.25) is 0 Å². The Hall–Kier alpha value is -3.85. The molecule has 0 N–H and O–H groups in total. The van der Waals surface area contributed by atoms with Gasteiger partial charge in [0.15, 0.2) is 0 Å². The van der Waals surface area contributed by atoms with E-state index in [1.807, 2.05) is 73.1 Å². The molecule has 6 aromatic rings. The summed E-state index contributed by atoms with van der Waals surface area (Å²) in [6.45, 7) is 0.593. The van der Waals surface area contributed by atoms with Crippen LogP contribution in [0.4, 0.5) is 0 Å². The molecule has 35 heavy (non-hydrogen) atoms. The van der Waals surface area contributed by atoms with Crippen LogP contribution < -0.4 is 4.74 Å². The summed E-state index contributed by atoms with van der Waals surface area (Å²) in [6, 6.07) is 38.8. The molecule has 4 aromatic carbocycles. The van der Waals surface area contributed by atoms with Crippen molar-refractivity contribution in [2.75, 3.05) is 0 Å². The van der Waals surface area contributed by atoms with Gasteiger partial charge < -0.3 is 14.7 Å². The van der Waals surface area contributed by atoms with Crippen LogP contribution in [0.2, 0.25) is 0 Å². The van der Waals surface area contributed by atoms with Crippen molar-refractivity contribution in [2.45, 2.75) is 6.61 Å². The minimum Gasteiger partial charge on any atom is -0.505 e. The minimum atomic E-state index is 0. The molecule has 0 spiro atoms. The van der Waals surface area contributed by atoms with E-state index < -0.39 is 0 Å². The number of nitrogens with zero attached hydrogens (tertiary/aromatic N) is 2. The van der Waals surface area contributed by atoms with Crippen LogP contribution in [0, 0.1) is 12.1 Å². The molecule has 0 saturated heterocycles. The van der Waals surface area contributed by atoms with E-state index in [-0.39, 0.29) is 20.1 Å². The first-order valence-electron chi connectivity index (χ1n) is 11.2. The molecule has 171 valence electrons. The smallest absolute Gasteiger partial charge is 0.111 e. The number of hydrogen-bond donors (Lipinski definition) is 0. The van der Waals surface area contributed by atoms with Gasteiger partial charge in [-0.1, -0.05) is 60.2 Å². The maximum absolute atomic E-state index is 5.88. The minimum absolute atomic E-state index is 0. The van der Waals surface area contributed by atoms with Gasteiger partial charge in [-0.3, -0.25) is 0 Å². The molecular weight excluding hydrogens is 609 g/mol. The van der Waals surface area contributed by atoms with E-state index in [4.69, 9.17) is 4.74 Å². The van der Waals surface area contributed by atoms with Crippen molar-refractivity contribution in [1.29, 1.82) is 0 Å². The number of ether oxygens (including phenoxy) is 1. The standard InChI is InChI=1S/C16H10NO.C15H10N.Ir/c1-4-8-14-11(5-1)9-17-15-13-7-3-2-6-12(13)10-18-16(14)15;1-2-6-12(7-3-1)15-10-13-8-4-5-9-14(13)11-16-15;/h1-6,8-9H,10H2;1-6,8-11H;/q2*-1;. The van der Waals surface area contributed by atoms with Gasteiger partial charge in [-0.05, 0) is 16.5 Å². The molecule has 1 aliphatic heterocycles. The molecule has 0 fully saturated rings. The van der Waals surface area contributed by atoms with Gasteiger partial charge >= 0.3 is 0 Å². The first-order chi connectivity index (χ1) is 16.9. The average molecular weight is 629 g/mol. The van der Waals surface area contributed by atoms with Crippen molar-refractivity contribution >= 4 is 21.5 Å². The molecule has 0 amide bonds. The molecule has 0 bridgehead atoms. The Bertz CT molecular complexity index is 1620. The predicted octanol–water partition coefficient (Wildman–Crippen LogP) is 7.29. The number of pyridine rings is 2. The van der Waals surface area contributed by atoms with Crippen molar-refractivity contribution < 1.29 is 24.8 Å². The third-order valence-corrected chi connectivity index (χ3v) is 5.92. The summed E-state index contributed by atoms with van der Waals surface area (Å²) in [4.78, 5) is 8.98. The number of rotatable bonds is 1. The van der Waals surface area contributed by atoms with Gasteiger partial charge in [-0.2, -0.15) is 0 Å². The quantitative estimate of drug-likeness (QED) is 0.180. The third-order valence-electron chi connectivity index (χ3n) is 5.92. The topological polar surface area (TPSA) is 35.0 Å². The van der Waals surface area contributed by atoms with Crippen LogP contribution in [0.25, 0.3) is 44.1 Å². The molecule has 1 aliphatic rings. The summed E-state index contributed by atoms with van der Waals surface area (Å²) in [7, 11) is 0. The number of aromatic nitrogens is 2. The fourth-order valence-electron chi connectivity index (χ4n) is 4.21. The average Bonchev–Trinajstić information content (AvgIpc) is 2.93. The van der Waals surface area contributed by atoms with Gasteiger partial charge in [0.1, 0.15) is 5.75 Å². The molecule has 0 saturated carbocycles. The van der Waals surface area contributed by atoms with Crippen LogP contribution in [-0.4, -0.2) is 9.97 Å². The van der Waals surface area contributed by atoms with E-state index in [2.05, 4.69) is 58.5 Å². The summed E-state index contributed by atoms with van der Waals surface area (Å²) in [5.41, 5.74) is 5.11. The van der Waals surface area contributed by atoms with Gasteiger partial charge in [0.05, 0.1) is 6.61 Å². The molecule has 0 atom stereocenters. The van der Waals surface area contributed by atoms with E-state index in [1.165, 1.54) is 10.8 Å². The summed E-state index contributed by atoms with van der Waals surface area (Å²) in [6.07, 6.45) is 3.80.